The number of amides is 1. The number of carbonyl (C=O) groups excluding carboxylic acids is 3. The standard InChI is InChI=1S/C28H36N2O8/c1-7-11-27(3,4)29-26(37)18-23(34)20(30(5)6)19-22(33)15-12(2)13-9-8-10-14(31)16(13)21(32)17(15)24(35)28(19,38)25(18)36/h8-10,12,15,19-20,22,31,33-35,38H,7,11H2,1-6H3,(H,29,37)/t12-,15+,19+,20-,22-,28-/m1/s1. The summed E-state index contributed by atoms with van der Waals surface area (Å²) in [4.78, 5) is 42.2. The topological polar surface area (TPSA) is 168 Å². The van der Waals surface area contributed by atoms with E-state index in [1.54, 1.807) is 47.0 Å². The molecule has 0 radical (unpaired) electrons. The van der Waals surface area contributed by atoms with Gasteiger partial charge in [0.05, 0.1) is 23.6 Å². The second-order valence-corrected chi connectivity index (χ2v) is 11.5. The fraction of sp³-hybridized carbons (Fsp3) is 0.536. The lowest BCUT2D eigenvalue weighted by molar-refractivity contribution is -0.162. The highest BCUT2D eigenvalue weighted by Crippen LogP contribution is 2.55. The van der Waals surface area contributed by atoms with Crippen LogP contribution in [0.15, 0.2) is 40.9 Å². The predicted octanol–water partition coefficient (Wildman–Crippen LogP) is 1.86. The van der Waals surface area contributed by atoms with Crippen molar-refractivity contribution in [2.24, 2.45) is 11.8 Å². The fourth-order valence-corrected chi connectivity index (χ4v) is 6.62. The summed E-state index contributed by atoms with van der Waals surface area (Å²) in [7, 11) is 3.08. The molecule has 0 saturated carbocycles. The molecule has 3 aliphatic carbocycles. The Morgan fingerprint density at radius 1 is 1.16 bits per heavy atom. The molecule has 6 atom stereocenters. The summed E-state index contributed by atoms with van der Waals surface area (Å²) in [6.45, 7) is 7.13. The van der Waals surface area contributed by atoms with Gasteiger partial charge >= 0.3 is 0 Å². The third-order valence-electron chi connectivity index (χ3n) is 8.30. The molecule has 0 aromatic heterocycles. The first-order valence-electron chi connectivity index (χ1n) is 12.8. The van der Waals surface area contributed by atoms with E-state index >= 15 is 0 Å². The number of phenolic OH excluding ortho intramolecular Hbond substituents is 1. The number of aliphatic hydroxyl groups excluding tert-OH is 3. The molecule has 3 aliphatic rings. The summed E-state index contributed by atoms with van der Waals surface area (Å²) in [6.07, 6.45) is -0.288. The van der Waals surface area contributed by atoms with E-state index in [0.717, 1.165) is 6.42 Å². The zero-order valence-corrected chi connectivity index (χ0v) is 22.4. The SMILES string of the molecule is CCCC(C)(C)NC(=O)C1=C(O)[C@H](N(C)C)[C@H]2[C@H](O)[C@@H]3C(=C(O)[C@@]2(O)C1=O)C(=O)c1c(O)cccc1[C@H]3C. The lowest BCUT2D eigenvalue weighted by atomic mass is 9.55. The Hall–Kier alpha value is -3.21. The second-order valence-electron chi connectivity index (χ2n) is 11.5. The molecule has 1 aromatic rings. The number of likely N-dealkylation sites (N-methyl/N-ethyl adjacent to an activating group) is 1. The van der Waals surface area contributed by atoms with Gasteiger partial charge in [0, 0.05) is 17.0 Å². The second kappa shape index (κ2) is 9.21. The highest BCUT2D eigenvalue weighted by molar-refractivity contribution is 6.25. The number of hydrogen-bond acceptors (Lipinski definition) is 9. The monoisotopic (exact) mass is 528 g/mol. The molecule has 10 heteroatoms. The van der Waals surface area contributed by atoms with Gasteiger partial charge in [-0.3, -0.25) is 19.3 Å². The van der Waals surface area contributed by atoms with Crippen LogP contribution in [0.25, 0.3) is 0 Å². The predicted molar refractivity (Wildman–Crippen MR) is 138 cm³/mol. The molecule has 0 saturated heterocycles. The number of nitrogens with one attached hydrogen (secondary N) is 1. The van der Waals surface area contributed by atoms with E-state index in [-0.39, 0.29) is 11.3 Å². The van der Waals surface area contributed by atoms with Gasteiger partial charge in [-0.2, -0.15) is 0 Å². The summed E-state index contributed by atoms with van der Waals surface area (Å²) in [6, 6.07) is 3.25. The lowest BCUT2D eigenvalue weighted by Crippen LogP contribution is -2.68. The van der Waals surface area contributed by atoms with Crippen LogP contribution < -0.4 is 5.32 Å². The van der Waals surface area contributed by atoms with Crippen LogP contribution in [0.1, 0.15) is 62.4 Å². The number of phenols is 1. The number of nitrogens with zero attached hydrogens (tertiary/aromatic N) is 1. The first kappa shape index (κ1) is 27.8. The van der Waals surface area contributed by atoms with E-state index in [1.807, 2.05) is 6.92 Å². The van der Waals surface area contributed by atoms with Crippen molar-refractivity contribution < 1.29 is 39.9 Å². The highest BCUT2D eigenvalue weighted by Gasteiger charge is 2.67. The van der Waals surface area contributed by atoms with Crippen LogP contribution in [-0.4, -0.2) is 85.3 Å². The van der Waals surface area contributed by atoms with Gasteiger partial charge < -0.3 is 30.8 Å². The minimum Gasteiger partial charge on any atom is -0.510 e. The van der Waals surface area contributed by atoms with Crippen molar-refractivity contribution in [2.75, 3.05) is 14.1 Å². The average molecular weight is 529 g/mol. The maximum Gasteiger partial charge on any atom is 0.258 e. The Balaban J connectivity index is 1.95. The summed E-state index contributed by atoms with van der Waals surface area (Å²) >= 11 is 0. The summed E-state index contributed by atoms with van der Waals surface area (Å²) < 4.78 is 0. The number of carbonyl (C=O) groups is 3. The van der Waals surface area contributed by atoms with Gasteiger partial charge in [-0.05, 0) is 51.9 Å². The van der Waals surface area contributed by atoms with Crippen LogP contribution >= 0.6 is 0 Å². The van der Waals surface area contributed by atoms with Crippen molar-refractivity contribution in [1.29, 1.82) is 0 Å². The number of benzene rings is 1. The molecular formula is C28H36N2O8. The van der Waals surface area contributed by atoms with Crippen LogP contribution in [0.2, 0.25) is 0 Å². The van der Waals surface area contributed by atoms with Crippen LogP contribution in [0.4, 0.5) is 0 Å². The molecule has 10 nitrogen and oxygen atoms in total. The van der Waals surface area contributed by atoms with Crippen molar-refractivity contribution in [1.82, 2.24) is 10.2 Å². The van der Waals surface area contributed by atoms with E-state index in [1.165, 1.54) is 11.0 Å². The fourth-order valence-electron chi connectivity index (χ4n) is 6.62. The third kappa shape index (κ3) is 3.77. The van der Waals surface area contributed by atoms with E-state index in [0.29, 0.717) is 12.0 Å². The molecule has 1 amide bonds. The van der Waals surface area contributed by atoms with E-state index in [9.17, 15) is 39.9 Å². The van der Waals surface area contributed by atoms with E-state index < -0.39 is 81.2 Å². The Labute approximate surface area is 221 Å². The van der Waals surface area contributed by atoms with Crippen LogP contribution in [0, 0.1) is 11.8 Å². The van der Waals surface area contributed by atoms with E-state index in [4.69, 9.17) is 0 Å². The number of Topliss-reactive ketones (excluding diaryl/α,β-unsaturated/α-hetero) is 2. The molecule has 206 valence electrons. The molecule has 0 unspecified atom stereocenters. The normalized spacial score (nSPS) is 31.2. The number of aliphatic hydroxyl groups is 4. The maximum absolute atomic E-state index is 13.9. The number of rotatable bonds is 5. The van der Waals surface area contributed by atoms with Gasteiger partial charge in [-0.25, -0.2) is 0 Å². The zero-order chi connectivity index (χ0) is 28.5. The first-order chi connectivity index (χ1) is 17.6. The molecule has 4 rings (SSSR count). The summed E-state index contributed by atoms with van der Waals surface area (Å²) in [5, 5.41) is 59.5. The van der Waals surface area contributed by atoms with Crippen molar-refractivity contribution in [3.05, 3.63) is 52.0 Å². The van der Waals surface area contributed by atoms with Crippen LogP contribution in [-0.2, 0) is 9.59 Å². The Kier molecular flexibility index (Phi) is 6.75. The Morgan fingerprint density at radius 3 is 2.37 bits per heavy atom. The quantitative estimate of drug-likeness (QED) is 0.313. The van der Waals surface area contributed by atoms with Gasteiger partial charge in [0.1, 0.15) is 22.8 Å². The smallest absolute Gasteiger partial charge is 0.258 e. The molecule has 6 N–H and O–H groups in total. The molecule has 0 spiro atoms. The number of ketones is 2. The third-order valence-corrected chi connectivity index (χ3v) is 8.30. The van der Waals surface area contributed by atoms with Gasteiger partial charge in [0.25, 0.3) is 5.91 Å². The van der Waals surface area contributed by atoms with Gasteiger partial charge in [0.15, 0.2) is 11.4 Å². The number of hydrogen-bond donors (Lipinski definition) is 6. The maximum atomic E-state index is 13.9. The first-order valence-corrected chi connectivity index (χ1v) is 12.8. The van der Waals surface area contributed by atoms with Crippen molar-refractivity contribution >= 4 is 17.5 Å². The van der Waals surface area contributed by atoms with E-state index in [2.05, 4.69) is 5.32 Å². The largest absolute Gasteiger partial charge is 0.510 e. The Bertz CT molecular complexity index is 1280. The van der Waals surface area contributed by atoms with Crippen LogP contribution in [0.5, 0.6) is 5.75 Å². The highest BCUT2D eigenvalue weighted by atomic mass is 16.4. The summed E-state index contributed by atoms with van der Waals surface area (Å²) in [5.74, 6) is -8.19. The van der Waals surface area contributed by atoms with Crippen molar-refractivity contribution in [3.8, 4) is 5.75 Å². The lowest BCUT2D eigenvalue weighted by Gasteiger charge is -2.53. The molecule has 0 bridgehead atoms. The van der Waals surface area contributed by atoms with Gasteiger partial charge in [-0.1, -0.05) is 32.4 Å². The molecule has 38 heavy (non-hydrogen) atoms. The Morgan fingerprint density at radius 2 is 1.79 bits per heavy atom. The molecule has 0 fully saturated rings. The van der Waals surface area contributed by atoms with Gasteiger partial charge in [0.2, 0.25) is 5.78 Å². The van der Waals surface area contributed by atoms with Crippen molar-refractivity contribution in [3.63, 3.8) is 0 Å². The minimum absolute atomic E-state index is 0.0860. The molecular weight excluding hydrogens is 492 g/mol. The van der Waals surface area contributed by atoms with Crippen molar-refractivity contribution in [2.45, 2.75) is 69.7 Å². The molecule has 0 aliphatic heterocycles. The number of fused-ring (bicyclic) bond motifs is 3. The van der Waals surface area contributed by atoms with Gasteiger partial charge in [-0.15, -0.1) is 0 Å². The minimum atomic E-state index is -2.88. The zero-order valence-electron chi connectivity index (χ0n) is 22.4. The number of aromatic hydroxyl groups is 1. The molecule has 1 aromatic carbocycles. The van der Waals surface area contributed by atoms with Crippen LogP contribution in [0.3, 0.4) is 0 Å². The molecule has 0 heterocycles. The average Bonchev–Trinajstić information content (AvgIpc) is 2.80. The summed E-state index contributed by atoms with van der Waals surface area (Å²) in [5.41, 5.74) is -4.41.